The molecule has 0 bridgehead atoms. The number of hydrogen-bond acceptors (Lipinski definition) is 7. The molecule has 0 aromatic carbocycles. The second-order valence-corrected chi connectivity index (χ2v) is 5.02. The van der Waals surface area contributed by atoms with Crippen LogP contribution in [0.5, 0.6) is 0 Å². The van der Waals surface area contributed by atoms with E-state index in [1.807, 2.05) is 0 Å². The second-order valence-electron chi connectivity index (χ2n) is 3.78. The third-order valence-electron chi connectivity index (χ3n) is 2.38. The van der Waals surface area contributed by atoms with E-state index in [2.05, 4.69) is 9.26 Å². The summed E-state index contributed by atoms with van der Waals surface area (Å²) in [6.07, 6.45) is -11.5. The summed E-state index contributed by atoms with van der Waals surface area (Å²) in [6, 6.07) is 0. The Hall–Kier alpha value is -0.160. The molecule has 108 valence electrons. The molecule has 0 radical (unpaired) electrons. The summed E-state index contributed by atoms with van der Waals surface area (Å²) in [6.45, 7) is -0.943. The van der Waals surface area contributed by atoms with E-state index in [0.29, 0.717) is 0 Å². The Balaban J connectivity index is 2.62. The molecule has 6 atom stereocenters. The Labute approximate surface area is 101 Å². The number of rotatable bonds is 4. The summed E-state index contributed by atoms with van der Waals surface area (Å²) in [5, 5.41) is 37.1. The van der Waals surface area contributed by atoms with Gasteiger partial charge in [-0.15, -0.1) is 0 Å². The molecule has 3 unspecified atom stereocenters. The van der Waals surface area contributed by atoms with E-state index in [9.17, 15) is 24.3 Å². The number of aliphatic hydroxyl groups excluding tert-OH is 4. The zero-order valence-electron chi connectivity index (χ0n) is 8.90. The standard InChI is InChI=1S/C7H14FO9P/c8-7-5(12)3(10)4(11)6(17-7)2(9)1-16-18(13,14)15/h2-7,9-12H,1H2,(H2,13,14,15)/t2-,3?,4+,5?,6?,7+/m1/s1. The van der Waals surface area contributed by atoms with Crippen molar-refractivity contribution in [3.63, 3.8) is 0 Å². The maximum atomic E-state index is 13.0. The Bertz CT molecular complexity index is 322. The fourth-order valence-electron chi connectivity index (χ4n) is 1.45. The van der Waals surface area contributed by atoms with Gasteiger partial charge in [0, 0.05) is 0 Å². The molecule has 9 nitrogen and oxygen atoms in total. The van der Waals surface area contributed by atoms with Crippen LogP contribution in [0.25, 0.3) is 0 Å². The van der Waals surface area contributed by atoms with Gasteiger partial charge in [-0.05, 0) is 0 Å². The largest absolute Gasteiger partial charge is 0.469 e. The summed E-state index contributed by atoms with van der Waals surface area (Å²) in [4.78, 5) is 16.8. The van der Waals surface area contributed by atoms with Crippen molar-refractivity contribution in [1.29, 1.82) is 0 Å². The highest BCUT2D eigenvalue weighted by molar-refractivity contribution is 7.46. The molecule has 1 aliphatic rings. The van der Waals surface area contributed by atoms with Gasteiger partial charge in [-0.25, -0.2) is 8.96 Å². The lowest BCUT2D eigenvalue weighted by molar-refractivity contribution is -0.276. The molecule has 0 amide bonds. The van der Waals surface area contributed by atoms with Crippen LogP contribution in [0.15, 0.2) is 0 Å². The molecule has 0 aliphatic carbocycles. The molecule has 18 heavy (non-hydrogen) atoms. The first-order chi connectivity index (χ1) is 8.13. The third-order valence-corrected chi connectivity index (χ3v) is 2.87. The number of aliphatic hydroxyl groups is 4. The number of phosphoric acid groups is 1. The lowest BCUT2D eigenvalue weighted by Crippen LogP contribution is -2.60. The van der Waals surface area contributed by atoms with Crippen LogP contribution in [-0.4, -0.2) is 73.7 Å². The van der Waals surface area contributed by atoms with Crippen LogP contribution in [0, 0.1) is 0 Å². The number of halogens is 1. The van der Waals surface area contributed by atoms with E-state index in [1.165, 1.54) is 0 Å². The first-order valence-corrected chi connectivity index (χ1v) is 6.38. The minimum atomic E-state index is -4.84. The van der Waals surface area contributed by atoms with Crippen molar-refractivity contribution in [2.24, 2.45) is 0 Å². The van der Waals surface area contributed by atoms with Crippen LogP contribution >= 0.6 is 7.82 Å². The predicted molar refractivity (Wildman–Crippen MR) is 51.8 cm³/mol. The van der Waals surface area contributed by atoms with Crippen molar-refractivity contribution in [2.75, 3.05) is 6.61 Å². The molecule has 0 aromatic rings. The van der Waals surface area contributed by atoms with Crippen LogP contribution < -0.4 is 0 Å². The second kappa shape index (κ2) is 5.87. The van der Waals surface area contributed by atoms with Gasteiger partial charge < -0.3 is 34.9 Å². The molecular weight excluding hydrogens is 278 g/mol. The number of alkyl halides is 1. The summed E-state index contributed by atoms with van der Waals surface area (Å²) in [7, 11) is -4.84. The van der Waals surface area contributed by atoms with Gasteiger partial charge in [0.1, 0.15) is 30.5 Å². The van der Waals surface area contributed by atoms with Gasteiger partial charge in [-0.1, -0.05) is 0 Å². The van der Waals surface area contributed by atoms with E-state index >= 15 is 0 Å². The fraction of sp³-hybridized carbons (Fsp3) is 1.00. The van der Waals surface area contributed by atoms with Crippen molar-refractivity contribution >= 4 is 7.82 Å². The predicted octanol–water partition coefficient (Wildman–Crippen LogP) is -2.77. The van der Waals surface area contributed by atoms with Crippen LogP contribution in [0.4, 0.5) is 4.39 Å². The van der Waals surface area contributed by atoms with E-state index in [4.69, 9.17) is 14.9 Å². The molecule has 11 heteroatoms. The topological polar surface area (TPSA) is 157 Å². The molecule has 1 rings (SSSR count). The molecular formula is C7H14FO9P. The van der Waals surface area contributed by atoms with Crippen LogP contribution in [0.3, 0.4) is 0 Å². The highest BCUT2D eigenvalue weighted by atomic mass is 31.2. The van der Waals surface area contributed by atoms with Gasteiger partial charge in [0.25, 0.3) is 0 Å². The third kappa shape index (κ3) is 3.92. The van der Waals surface area contributed by atoms with Crippen LogP contribution in [0.1, 0.15) is 0 Å². The Morgan fingerprint density at radius 1 is 1.22 bits per heavy atom. The van der Waals surface area contributed by atoms with Gasteiger partial charge in [0.15, 0.2) is 0 Å². The van der Waals surface area contributed by atoms with Crippen molar-refractivity contribution in [1.82, 2.24) is 0 Å². The first-order valence-electron chi connectivity index (χ1n) is 4.85. The highest BCUT2D eigenvalue weighted by Gasteiger charge is 2.46. The van der Waals surface area contributed by atoms with Gasteiger partial charge in [0.2, 0.25) is 6.36 Å². The highest BCUT2D eigenvalue weighted by Crippen LogP contribution is 2.36. The van der Waals surface area contributed by atoms with Crippen LogP contribution in [-0.2, 0) is 13.8 Å². The smallest absolute Gasteiger partial charge is 0.388 e. The van der Waals surface area contributed by atoms with Crippen molar-refractivity contribution in [3.8, 4) is 0 Å². The average Bonchev–Trinajstić information content (AvgIpc) is 2.27. The minimum absolute atomic E-state index is 0.943. The molecule has 0 saturated carbocycles. The average molecular weight is 292 g/mol. The van der Waals surface area contributed by atoms with Crippen molar-refractivity contribution < 1.29 is 48.4 Å². The SMILES string of the molecule is O=P(O)(O)OC[C@@H](O)C1O[C@H](F)C(O)C(O)[C@@H]1O. The molecule has 6 N–H and O–H groups in total. The summed E-state index contributed by atoms with van der Waals surface area (Å²) < 4.78 is 31.8. The quantitative estimate of drug-likeness (QED) is 0.302. The van der Waals surface area contributed by atoms with Gasteiger partial charge in [-0.3, -0.25) is 4.52 Å². The maximum absolute atomic E-state index is 13.0. The Morgan fingerprint density at radius 3 is 2.28 bits per heavy atom. The minimum Gasteiger partial charge on any atom is -0.388 e. The van der Waals surface area contributed by atoms with Crippen LogP contribution in [0.2, 0.25) is 0 Å². The number of hydrogen-bond donors (Lipinski definition) is 6. The van der Waals surface area contributed by atoms with E-state index < -0.39 is 51.3 Å². The lowest BCUT2D eigenvalue weighted by atomic mass is 9.96. The number of phosphoric ester groups is 1. The molecule has 1 aliphatic heterocycles. The molecule has 0 aromatic heterocycles. The summed E-state index contributed by atoms with van der Waals surface area (Å²) in [5.41, 5.74) is 0. The van der Waals surface area contributed by atoms with E-state index in [1.54, 1.807) is 0 Å². The van der Waals surface area contributed by atoms with E-state index in [-0.39, 0.29) is 0 Å². The van der Waals surface area contributed by atoms with Gasteiger partial charge >= 0.3 is 7.82 Å². The van der Waals surface area contributed by atoms with Gasteiger partial charge in [0.05, 0.1) is 6.61 Å². The maximum Gasteiger partial charge on any atom is 0.469 e. The summed E-state index contributed by atoms with van der Waals surface area (Å²) >= 11 is 0. The Kier molecular flexibility index (Phi) is 5.18. The number of ether oxygens (including phenoxy) is 1. The molecule has 0 spiro atoms. The molecule has 1 heterocycles. The van der Waals surface area contributed by atoms with Crippen molar-refractivity contribution in [3.05, 3.63) is 0 Å². The summed E-state index contributed by atoms with van der Waals surface area (Å²) in [5.74, 6) is 0. The lowest BCUT2D eigenvalue weighted by Gasteiger charge is -2.39. The van der Waals surface area contributed by atoms with Crippen molar-refractivity contribution in [2.45, 2.75) is 36.9 Å². The monoisotopic (exact) mass is 292 g/mol. The Morgan fingerprint density at radius 2 is 1.78 bits per heavy atom. The fourth-order valence-corrected chi connectivity index (χ4v) is 1.80. The zero-order chi connectivity index (χ0) is 14.1. The van der Waals surface area contributed by atoms with E-state index in [0.717, 1.165) is 0 Å². The molecule has 1 fully saturated rings. The molecule has 1 saturated heterocycles. The first kappa shape index (κ1) is 15.9. The normalized spacial score (nSPS) is 39.6. The van der Waals surface area contributed by atoms with Gasteiger partial charge in [-0.2, -0.15) is 0 Å². The zero-order valence-corrected chi connectivity index (χ0v) is 9.80.